The standard InChI is InChI=1S/C17H25FN2O2S/c18-15-4-1-2-5-16(15)23-13-8-17(21)20-10-6-14(7-11-20)22-12-3-9-19/h1-2,4-5,14H,3,6-13,19H2. The summed E-state index contributed by atoms with van der Waals surface area (Å²) in [5.74, 6) is 0.529. The van der Waals surface area contributed by atoms with Crippen LogP contribution in [0.5, 0.6) is 0 Å². The molecule has 0 radical (unpaired) electrons. The van der Waals surface area contributed by atoms with Gasteiger partial charge in [-0.2, -0.15) is 0 Å². The van der Waals surface area contributed by atoms with Crippen LogP contribution in [0.15, 0.2) is 29.2 Å². The second-order valence-electron chi connectivity index (χ2n) is 5.62. The predicted octanol–water partition coefficient (Wildman–Crippen LogP) is 2.66. The van der Waals surface area contributed by atoms with E-state index in [1.165, 1.54) is 17.8 Å². The van der Waals surface area contributed by atoms with Crippen LogP contribution >= 0.6 is 11.8 Å². The van der Waals surface area contributed by atoms with Gasteiger partial charge in [0.2, 0.25) is 5.91 Å². The molecular weight excluding hydrogens is 315 g/mol. The molecule has 1 heterocycles. The van der Waals surface area contributed by atoms with Gasteiger partial charge in [-0.15, -0.1) is 11.8 Å². The Labute approximate surface area is 141 Å². The Morgan fingerprint density at radius 3 is 2.78 bits per heavy atom. The second-order valence-corrected chi connectivity index (χ2v) is 6.76. The highest BCUT2D eigenvalue weighted by Gasteiger charge is 2.22. The Kier molecular flexibility index (Phi) is 7.85. The van der Waals surface area contributed by atoms with Crippen molar-refractivity contribution in [3.05, 3.63) is 30.1 Å². The number of ether oxygens (including phenoxy) is 1. The van der Waals surface area contributed by atoms with Crippen LogP contribution in [-0.2, 0) is 9.53 Å². The number of benzene rings is 1. The summed E-state index contributed by atoms with van der Waals surface area (Å²) in [5.41, 5.74) is 5.45. The number of likely N-dealkylation sites (tertiary alicyclic amines) is 1. The minimum absolute atomic E-state index is 0.147. The first-order chi connectivity index (χ1) is 11.2. The van der Waals surface area contributed by atoms with Gasteiger partial charge in [0.25, 0.3) is 0 Å². The summed E-state index contributed by atoms with van der Waals surface area (Å²) >= 11 is 1.39. The summed E-state index contributed by atoms with van der Waals surface area (Å²) < 4.78 is 19.2. The third-order valence-electron chi connectivity index (χ3n) is 3.91. The average Bonchev–Trinajstić information content (AvgIpc) is 2.57. The van der Waals surface area contributed by atoms with Crippen molar-refractivity contribution in [1.82, 2.24) is 4.90 Å². The topological polar surface area (TPSA) is 55.6 Å². The van der Waals surface area contributed by atoms with E-state index in [2.05, 4.69) is 0 Å². The van der Waals surface area contributed by atoms with E-state index in [1.54, 1.807) is 12.1 Å². The van der Waals surface area contributed by atoms with E-state index >= 15 is 0 Å². The normalized spacial score (nSPS) is 15.8. The minimum Gasteiger partial charge on any atom is -0.378 e. The van der Waals surface area contributed by atoms with Crippen LogP contribution in [0.25, 0.3) is 0 Å². The third-order valence-corrected chi connectivity index (χ3v) is 4.96. The predicted molar refractivity (Wildman–Crippen MR) is 91.0 cm³/mol. The zero-order chi connectivity index (χ0) is 16.5. The third kappa shape index (κ3) is 6.12. The molecule has 23 heavy (non-hydrogen) atoms. The largest absolute Gasteiger partial charge is 0.378 e. The maximum absolute atomic E-state index is 13.5. The number of hydrogen-bond acceptors (Lipinski definition) is 4. The van der Waals surface area contributed by atoms with E-state index in [4.69, 9.17) is 10.5 Å². The fraction of sp³-hybridized carbons (Fsp3) is 0.588. The number of carbonyl (C=O) groups excluding carboxylic acids is 1. The highest BCUT2D eigenvalue weighted by Crippen LogP contribution is 2.22. The molecule has 0 unspecified atom stereocenters. The van der Waals surface area contributed by atoms with Crippen molar-refractivity contribution in [3.8, 4) is 0 Å². The molecule has 0 bridgehead atoms. The van der Waals surface area contributed by atoms with Gasteiger partial charge in [0.1, 0.15) is 5.82 Å². The van der Waals surface area contributed by atoms with Gasteiger partial charge in [-0.1, -0.05) is 12.1 Å². The lowest BCUT2D eigenvalue weighted by Gasteiger charge is -2.32. The summed E-state index contributed by atoms with van der Waals surface area (Å²) in [4.78, 5) is 14.7. The summed E-state index contributed by atoms with van der Waals surface area (Å²) in [6.07, 6.45) is 3.34. The van der Waals surface area contributed by atoms with Crippen LogP contribution in [0, 0.1) is 5.82 Å². The maximum Gasteiger partial charge on any atom is 0.223 e. The Hall–Kier alpha value is -1.11. The van der Waals surface area contributed by atoms with Gasteiger partial charge in [0.15, 0.2) is 0 Å². The number of carbonyl (C=O) groups is 1. The first-order valence-electron chi connectivity index (χ1n) is 8.17. The number of halogens is 1. The van der Waals surface area contributed by atoms with E-state index in [0.29, 0.717) is 30.2 Å². The van der Waals surface area contributed by atoms with Crippen LogP contribution < -0.4 is 5.73 Å². The zero-order valence-corrected chi connectivity index (χ0v) is 14.2. The quantitative estimate of drug-likeness (QED) is 0.584. The monoisotopic (exact) mass is 340 g/mol. The molecule has 2 rings (SSSR count). The molecule has 1 aromatic rings. The van der Waals surface area contributed by atoms with Gasteiger partial charge in [-0.25, -0.2) is 4.39 Å². The van der Waals surface area contributed by atoms with Crippen molar-refractivity contribution in [2.75, 3.05) is 32.0 Å². The summed E-state index contributed by atoms with van der Waals surface area (Å²) in [6.45, 7) is 2.85. The Balaban J connectivity index is 1.64. The Morgan fingerprint density at radius 1 is 1.35 bits per heavy atom. The molecule has 1 amide bonds. The molecule has 4 nitrogen and oxygen atoms in total. The maximum atomic E-state index is 13.5. The molecule has 6 heteroatoms. The van der Waals surface area contributed by atoms with Crippen LogP contribution in [0.1, 0.15) is 25.7 Å². The number of hydrogen-bond donors (Lipinski definition) is 1. The van der Waals surface area contributed by atoms with Gasteiger partial charge >= 0.3 is 0 Å². The molecule has 1 saturated heterocycles. The molecule has 2 N–H and O–H groups in total. The lowest BCUT2D eigenvalue weighted by atomic mass is 10.1. The van der Waals surface area contributed by atoms with Gasteiger partial charge in [-0.05, 0) is 37.9 Å². The van der Waals surface area contributed by atoms with Gasteiger partial charge in [-0.3, -0.25) is 4.79 Å². The Bertz CT molecular complexity index is 493. The lowest BCUT2D eigenvalue weighted by molar-refractivity contribution is -0.133. The summed E-state index contributed by atoms with van der Waals surface area (Å²) in [7, 11) is 0. The second kappa shape index (κ2) is 9.90. The molecule has 0 saturated carbocycles. The van der Waals surface area contributed by atoms with Crippen molar-refractivity contribution in [2.24, 2.45) is 5.73 Å². The van der Waals surface area contributed by atoms with Gasteiger partial charge in [0, 0.05) is 36.8 Å². The fourth-order valence-electron chi connectivity index (χ4n) is 2.57. The molecule has 1 aliphatic heterocycles. The average molecular weight is 340 g/mol. The number of rotatable bonds is 8. The molecule has 1 aliphatic rings. The molecular formula is C17H25FN2O2S. The zero-order valence-electron chi connectivity index (χ0n) is 13.4. The molecule has 0 spiro atoms. The van der Waals surface area contributed by atoms with Crippen molar-refractivity contribution < 1.29 is 13.9 Å². The molecule has 1 aromatic carbocycles. The minimum atomic E-state index is -0.222. The van der Waals surface area contributed by atoms with E-state index in [1.807, 2.05) is 11.0 Å². The fourth-order valence-corrected chi connectivity index (χ4v) is 3.45. The molecule has 0 aromatic heterocycles. The first kappa shape index (κ1) is 18.2. The first-order valence-corrected chi connectivity index (χ1v) is 9.16. The van der Waals surface area contributed by atoms with Crippen molar-refractivity contribution in [3.63, 3.8) is 0 Å². The van der Waals surface area contributed by atoms with Crippen molar-refractivity contribution >= 4 is 17.7 Å². The van der Waals surface area contributed by atoms with Crippen LogP contribution in [0.3, 0.4) is 0 Å². The number of nitrogens with zero attached hydrogens (tertiary/aromatic N) is 1. The lowest BCUT2D eigenvalue weighted by Crippen LogP contribution is -2.41. The molecule has 0 atom stereocenters. The number of thioether (sulfide) groups is 1. The van der Waals surface area contributed by atoms with Crippen LogP contribution in [-0.4, -0.2) is 48.9 Å². The van der Waals surface area contributed by atoms with Crippen molar-refractivity contribution in [2.45, 2.75) is 36.7 Å². The van der Waals surface area contributed by atoms with E-state index in [9.17, 15) is 9.18 Å². The summed E-state index contributed by atoms with van der Waals surface area (Å²) in [5, 5.41) is 0. The molecule has 0 aliphatic carbocycles. The highest BCUT2D eigenvalue weighted by atomic mass is 32.2. The molecule has 1 fully saturated rings. The molecule has 128 valence electrons. The SMILES string of the molecule is NCCCOC1CCN(C(=O)CCSc2ccccc2F)CC1. The summed E-state index contributed by atoms with van der Waals surface area (Å²) in [6, 6.07) is 6.67. The number of amides is 1. The van der Waals surface area contributed by atoms with Crippen molar-refractivity contribution in [1.29, 1.82) is 0 Å². The van der Waals surface area contributed by atoms with Crippen LogP contribution in [0.2, 0.25) is 0 Å². The van der Waals surface area contributed by atoms with Gasteiger partial charge in [0.05, 0.1) is 6.10 Å². The number of piperidine rings is 1. The smallest absolute Gasteiger partial charge is 0.223 e. The van der Waals surface area contributed by atoms with E-state index in [0.717, 1.165) is 32.4 Å². The van der Waals surface area contributed by atoms with Crippen LogP contribution in [0.4, 0.5) is 4.39 Å². The van der Waals surface area contributed by atoms with E-state index in [-0.39, 0.29) is 17.8 Å². The Morgan fingerprint density at radius 2 is 2.09 bits per heavy atom. The van der Waals surface area contributed by atoms with E-state index < -0.39 is 0 Å². The van der Waals surface area contributed by atoms with Gasteiger partial charge < -0.3 is 15.4 Å². The number of nitrogens with two attached hydrogens (primary N) is 1. The highest BCUT2D eigenvalue weighted by molar-refractivity contribution is 7.99.